The number of piperidine rings is 1. The molecule has 1 saturated heterocycles. The van der Waals surface area contributed by atoms with Crippen molar-refractivity contribution >= 4 is 33.2 Å². The summed E-state index contributed by atoms with van der Waals surface area (Å²) in [4.78, 5) is 25.3. The molecule has 2 aliphatic rings. The minimum Gasteiger partial charge on any atom is -0.326 e. The first kappa shape index (κ1) is 25.4. The Kier molecular flexibility index (Phi) is 7.06. The third-order valence-corrected chi connectivity index (χ3v) is 8.81. The summed E-state index contributed by atoms with van der Waals surface area (Å²) in [7, 11) is -3.60. The first-order valence-corrected chi connectivity index (χ1v) is 13.7. The van der Waals surface area contributed by atoms with Gasteiger partial charge < -0.3 is 10.6 Å². The zero-order valence-electron chi connectivity index (χ0n) is 20.9. The van der Waals surface area contributed by atoms with Crippen LogP contribution in [0.3, 0.4) is 0 Å². The number of anilines is 2. The Bertz CT molecular complexity index is 1200. The summed E-state index contributed by atoms with van der Waals surface area (Å²) in [6.07, 6.45) is 2.78. The van der Waals surface area contributed by atoms with Crippen molar-refractivity contribution in [2.45, 2.75) is 63.7 Å². The first-order valence-electron chi connectivity index (χ1n) is 12.3. The summed E-state index contributed by atoms with van der Waals surface area (Å²) >= 11 is 0. The lowest BCUT2D eigenvalue weighted by Crippen LogP contribution is -2.41. The molecule has 35 heavy (non-hydrogen) atoms. The molecule has 2 aromatic carbocycles. The van der Waals surface area contributed by atoms with Gasteiger partial charge in [-0.1, -0.05) is 39.0 Å². The highest BCUT2D eigenvalue weighted by Gasteiger charge is 2.33. The van der Waals surface area contributed by atoms with Gasteiger partial charge in [0.25, 0.3) is 0 Å². The molecule has 7 nitrogen and oxygen atoms in total. The van der Waals surface area contributed by atoms with Gasteiger partial charge >= 0.3 is 0 Å². The average Bonchev–Trinajstić information content (AvgIpc) is 3.66. The van der Waals surface area contributed by atoms with E-state index in [0.29, 0.717) is 37.3 Å². The van der Waals surface area contributed by atoms with Crippen LogP contribution in [0.2, 0.25) is 0 Å². The third-order valence-electron chi connectivity index (χ3n) is 6.89. The lowest BCUT2D eigenvalue weighted by atomic mass is 9.87. The number of amides is 2. The van der Waals surface area contributed by atoms with Crippen LogP contribution in [0.15, 0.2) is 47.4 Å². The Morgan fingerprint density at radius 3 is 2.00 bits per heavy atom. The summed E-state index contributed by atoms with van der Waals surface area (Å²) < 4.78 is 27.7. The number of nitrogens with one attached hydrogen (secondary N) is 2. The average molecular weight is 498 g/mol. The molecule has 0 radical (unpaired) electrons. The van der Waals surface area contributed by atoms with E-state index in [-0.39, 0.29) is 34.0 Å². The molecule has 1 aliphatic carbocycles. The van der Waals surface area contributed by atoms with Gasteiger partial charge in [-0.25, -0.2) is 8.42 Å². The molecule has 0 aromatic heterocycles. The monoisotopic (exact) mass is 497 g/mol. The van der Waals surface area contributed by atoms with Gasteiger partial charge in [-0.15, -0.1) is 0 Å². The molecule has 0 atom stereocenters. The van der Waals surface area contributed by atoms with Crippen molar-refractivity contribution in [2.24, 2.45) is 11.8 Å². The number of benzene rings is 2. The molecule has 1 saturated carbocycles. The van der Waals surface area contributed by atoms with Crippen molar-refractivity contribution < 1.29 is 18.0 Å². The number of hydrogen-bond acceptors (Lipinski definition) is 4. The molecule has 188 valence electrons. The van der Waals surface area contributed by atoms with Gasteiger partial charge in [-0.3, -0.25) is 9.59 Å². The van der Waals surface area contributed by atoms with E-state index in [0.717, 1.165) is 24.0 Å². The molecule has 2 amide bonds. The molecule has 2 N–H and O–H groups in total. The lowest BCUT2D eigenvalue weighted by Gasteiger charge is -2.31. The maximum absolute atomic E-state index is 13.1. The molecule has 1 aliphatic heterocycles. The summed E-state index contributed by atoms with van der Waals surface area (Å²) in [6, 6.07) is 12.6. The van der Waals surface area contributed by atoms with Gasteiger partial charge in [0.1, 0.15) is 0 Å². The van der Waals surface area contributed by atoms with Crippen molar-refractivity contribution in [1.29, 1.82) is 0 Å². The second kappa shape index (κ2) is 9.74. The van der Waals surface area contributed by atoms with Crippen LogP contribution in [-0.2, 0) is 25.0 Å². The van der Waals surface area contributed by atoms with Crippen LogP contribution in [0.1, 0.15) is 57.6 Å². The Hall–Kier alpha value is -2.71. The Labute approximate surface area is 208 Å². The zero-order valence-corrected chi connectivity index (χ0v) is 21.7. The maximum Gasteiger partial charge on any atom is 0.243 e. The molecular weight excluding hydrogens is 462 g/mol. The third kappa shape index (κ3) is 5.93. The second-order valence-corrected chi connectivity index (χ2v) is 12.7. The number of rotatable bonds is 6. The molecule has 4 rings (SSSR count). The smallest absolute Gasteiger partial charge is 0.243 e. The normalized spacial score (nSPS) is 17.7. The van der Waals surface area contributed by atoms with E-state index in [1.807, 2.05) is 31.2 Å². The van der Waals surface area contributed by atoms with Crippen molar-refractivity contribution in [3.63, 3.8) is 0 Å². The van der Waals surface area contributed by atoms with E-state index in [2.05, 4.69) is 31.4 Å². The summed E-state index contributed by atoms with van der Waals surface area (Å²) in [5.74, 6) is -0.265. The summed E-state index contributed by atoms with van der Waals surface area (Å²) in [5.41, 5.74) is 3.27. The predicted octanol–water partition coefficient (Wildman–Crippen LogP) is 4.68. The van der Waals surface area contributed by atoms with Gasteiger partial charge in [-0.2, -0.15) is 4.31 Å². The van der Waals surface area contributed by atoms with Crippen molar-refractivity contribution in [3.8, 4) is 0 Å². The number of sulfonamides is 1. The van der Waals surface area contributed by atoms with Crippen molar-refractivity contribution in [1.82, 2.24) is 4.31 Å². The molecule has 2 fully saturated rings. The topological polar surface area (TPSA) is 95.6 Å². The highest BCUT2D eigenvalue weighted by molar-refractivity contribution is 7.89. The standard InChI is InChI=1S/C27H35N3O4S/c1-18-5-10-22(28-25(31)19-6-7-19)17-24(18)29-26(32)20-13-15-30(16-14-20)35(33,34)23-11-8-21(9-12-23)27(2,3)4/h5,8-12,17,19-20H,6-7,13-16H2,1-4H3,(H,28,31)(H,29,32). The molecule has 0 bridgehead atoms. The van der Waals surface area contributed by atoms with E-state index in [1.165, 1.54) is 4.31 Å². The fourth-order valence-electron chi connectivity index (χ4n) is 4.29. The molecular formula is C27H35N3O4S. The highest BCUT2D eigenvalue weighted by atomic mass is 32.2. The number of carbonyl (C=O) groups excluding carboxylic acids is 2. The van der Waals surface area contributed by atoms with Crippen LogP contribution in [0.5, 0.6) is 0 Å². The van der Waals surface area contributed by atoms with Crippen LogP contribution in [0, 0.1) is 18.8 Å². The fourth-order valence-corrected chi connectivity index (χ4v) is 5.76. The summed E-state index contributed by atoms with van der Waals surface area (Å²) in [5, 5.41) is 5.90. The van der Waals surface area contributed by atoms with Crippen molar-refractivity contribution in [3.05, 3.63) is 53.6 Å². The molecule has 0 unspecified atom stereocenters. The first-order chi connectivity index (χ1) is 16.4. The Morgan fingerprint density at radius 1 is 0.857 bits per heavy atom. The van der Waals surface area contributed by atoms with Gasteiger partial charge in [0.2, 0.25) is 21.8 Å². The van der Waals surface area contributed by atoms with E-state index in [4.69, 9.17) is 0 Å². The maximum atomic E-state index is 13.1. The SMILES string of the molecule is Cc1ccc(NC(=O)C2CC2)cc1NC(=O)C1CCN(S(=O)(=O)c2ccc(C(C)(C)C)cc2)CC1. The van der Waals surface area contributed by atoms with Crippen LogP contribution in [-0.4, -0.2) is 37.6 Å². The van der Waals surface area contributed by atoms with Crippen LogP contribution >= 0.6 is 0 Å². The van der Waals surface area contributed by atoms with Gasteiger partial charge in [0, 0.05) is 36.3 Å². The fraction of sp³-hybridized carbons (Fsp3) is 0.481. The van der Waals surface area contributed by atoms with Crippen LogP contribution < -0.4 is 10.6 Å². The van der Waals surface area contributed by atoms with Crippen LogP contribution in [0.25, 0.3) is 0 Å². The van der Waals surface area contributed by atoms with Gasteiger partial charge in [0.15, 0.2) is 0 Å². The van der Waals surface area contributed by atoms with Gasteiger partial charge in [-0.05, 0) is 73.4 Å². The number of carbonyl (C=O) groups is 2. The molecule has 0 spiro atoms. The number of aryl methyl sites for hydroxylation is 1. The zero-order chi connectivity index (χ0) is 25.4. The van der Waals surface area contributed by atoms with E-state index in [9.17, 15) is 18.0 Å². The molecule has 2 aromatic rings. The lowest BCUT2D eigenvalue weighted by molar-refractivity contribution is -0.121. The second-order valence-electron chi connectivity index (χ2n) is 10.7. The van der Waals surface area contributed by atoms with Crippen LogP contribution in [0.4, 0.5) is 11.4 Å². The molecule has 1 heterocycles. The highest BCUT2D eigenvalue weighted by Crippen LogP contribution is 2.31. The van der Waals surface area contributed by atoms with E-state index in [1.54, 1.807) is 18.2 Å². The summed E-state index contributed by atoms with van der Waals surface area (Å²) in [6.45, 7) is 8.79. The molecule has 8 heteroatoms. The van der Waals surface area contributed by atoms with E-state index < -0.39 is 10.0 Å². The minimum absolute atomic E-state index is 0.0211. The van der Waals surface area contributed by atoms with Crippen molar-refractivity contribution in [2.75, 3.05) is 23.7 Å². The quantitative estimate of drug-likeness (QED) is 0.606. The number of nitrogens with zero attached hydrogens (tertiary/aromatic N) is 1. The minimum atomic E-state index is -3.60. The van der Waals surface area contributed by atoms with E-state index >= 15 is 0 Å². The Balaban J connectivity index is 1.36. The largest absolute Gasteiger partial charge is 0.326 e. The van der Waals surface area contributed by atoms with Gasteiger partial charge in [0.05, 0.1) is 4.90 Å². The predicted molar refractivity (Wildman–Crippen MR) is 138 cm³/mol. The number of hydrogen-bond donors (Lipinski definition) is 2. The Morgan fingerprint density at radius 2 is 1.43 bits per heavy atom.